The number of aromatic nitrogens is 1. The first kappa shape index (κ1) is 15.2. The van der Waals surface area contributed by atoms with Crippen LogP contribution in [0.5, 0.6) is 5.75 Å². The lowest BCUT2D eigenvalue weighted by Gasteiger charge is -2.11. The Morgan fingerprint density at radius 3 is 2.52 bits per heavy atom. The van der Waals surface area contributed by atoms with Gasteiger partial charge in [0.1, 0.15) is 10.8 Å². The molecule has 5 nitrogen and oxygen atoms in total. The zero-order chi connectivity index (χ0) is 15.4. The smallest absolute Gasteiger partial charge is 0.173 e. The van der Waals surface area contributed by atoms with Gasteiger partial charge in [-0.2, -0.15) is 0 Å². The average molecular weight is 303 g/mol. The van der Waals surface area contributed by atoms with Gasteiger partial charge in [-0.1, -0.05) is 16.9 Å². The van der Waals surface area contributed by atoms with Crippen LogP contribution in [-0.2, 0) is 0 Å². The summed E-state index contributed by atoms with van der Waals surface area (Å²) in [5, 5.41) is 12.8. The third-order valence-electron chi connectivity index (χ3n) is 2.95. The molecule has 0 saturated heterocycles. The number of nitrogens with zero attached hydrogens (tertiary/aromatic N) is 2. The second kappa shape index (κ2) is 6.49. The van der Waals surface area contributed by atoms with E-state index in [9.17, 15) is 0 Å². The molecule has 21 heavy (non-hydrogen) atoms. The number of methoxy groups -OCH3 is 1. The lowest BCUT2D eigenvalue weighted by Crippen LogP contribution is -2.17. The number of oxime groups is 1. The number of pyridine rings is 1. The van der Waals surface area contributed by atoms with Crippen molar-refractivity contribution in [3.8, 4) is 5.75 Å². The van der Waals surface area contributed by atoms with Crippen LogP contribution in [0, 0.1) is 13.8 Å². The Kier molecular flexibility index (Phi) is 4.70. The van der Waals surface area contributed by atoms with Crippen LogP contribution in [0.25, 0.3) is 0 Å². The van der Waals surface area contributed by atoms with E-state index in [0.29, 0.717) is 10.6 Å². The molecule has 1 aromatic heterocycles. The van der Waals surface area contributed by atoms with E-state index >= 15 is 0 Å². The van der Waals surface area contributed by atoms with E-state index < -0.39 is 0 Å². The zero-order valence-electron chi connectivity index (χ0n) is 12.1. The maximum atomic E-state index is 8.95. The molecule has 0 aliphatic carbocycles. The molecule has 1 aromatic carbocycles. The summed E-state index contributed by atoms with van der Waals surface area (Å²) in [6, 6.07) is 9.56. The Hall–Kier alpha value is -2.21. The van der Waals surface area contributed by atoms with Gasteiger partial charge >= 0.3 is 0 Å². The topological polar surface area (TPSA) is 80.7 Å². The van der Waals surface area contributed by atoms with E-state index in [-0.39, 0.29) is 5.84 Å². The highest BCUT2D eigenvalue weighted by atomic mass is 32.2. The normalized spacial score (nSPS) is 11.5. The summed E-state index contributed by atoms with van der Waals surface area (Å²) in [6.07, 6.45) is 0. The fourth-order valence-corrected chi connectivity index (χ4v) is 3.05. The molecule has 0 saturated carbocycles. The van der Waals surface area contributed by atoms with E-state index in [4.69, 9.17) is 15.7 Å². The molecule has 0 fully saturated rings. The molecule has 0 radical (unpaired) electrons. The fourth-order valence-electron chi connectivity index (χ4n) is 1.99. The first-order chi connectivity index (χ1) is 10.0. The van der Waals surface area contributed by atoms with Gasteiger partial charge in [0.15, 0.2) is 5.84 Å². The van der Waals surface area contributed by atoms with Crippen molar-refractivity contribution >= 4 is 17.6 Å². The van der Waals surface area contributed by atoms with Gasteiger partial charge in [-0.15, -0.1) is 0 Å². The molecule has 0 unspecified atom stereocenters. The summed E-state index contributed by atoms with van der Waals surface area (Å²) in [4.78, 5) is 5.50. The second-order valence-corrected chi connectivity index (χ2v) is 5.59. The predicted octanol–water partition coefficient (Wildman–Crippen LogP) is 2.95. The maximum absolute atomic E-state index is 8.95. The van der Waals surface area contributed by atoms with Crippen LogP contribution in [0.4, 0.5) is 0 Å². The quantitative estimate of drug-likeness (QED) is 0.393. The number of rotatable bonds is 4. The van der Waals surface area contributed by atoms with Gasteiger partial charge in [0.05, 0.1) is 12.7 Å². The zero-order valence-corrected chi connectivity index (χ0v) is 12.9. The molecule has 110 valence electrons. The minimum atomic E-state index is 0.0658. The molecule has 0 aliphatic heterocycles. The van der Waals surface area contributed by atoms with Gasteiger partial charge in [0.2, 0.25) is 0 Å². The van der Waals surface area contributed by atoms with Gasteiger partial charge in [-0.3, -0.25) is 0 Å². The number of hydrogen-bond donors (Lipinski definition) is 2. The molecule has 0 atom stereocenters. The van der Waals surface area contributed by atoms with Crippen molar-refractivity contribution < 1.29 is 9.94 Å². The van der Waals surface area contributed by atoms with E-state index in [2.05, 4.69) is 10.1 Å². The van der Waals surface area contributed by atoms with Crippen LogP contribution >= 0.6 is 11.8 Å². The molecule has 6 heteroatoms. The van der Waals surface area contributed by atoms with Crippen molar-refractivity contribution in [1.29, 1.82) is 0 Å². The monoisotopic (exact) mass is 303 g/mol. The van der Waals surface area contributed by atoms with Crippen LogP contribution in [0.1, 0.15) is 16.8 Å². The van der Waals surface area contributed by atoms with Crippen LogP contribution < -0.4 is 10.5 Å². The average Bonchev–Trinajstić information content (AvgIpc) is 2.47. The van der Waals surface area contributed by atoms with Crippen LogP contribution in [-0.4, -0.2) is 23.1 Å². The highest BCUT2D eigenvalue weighted by Gasteiger charge is 2.14. The fraction of sp³-hybridized carbons (Fsp3) is 0.200. The predicted molar refractivity (Wildman–Crippen MR) is 83.3 cm³/mol. The Morgan fingerprint density at radius 2 is 1.95 bits per heavy atom. The summed E-state index contributed by atoms with van der Waals surface area (Å²) in [5.74, 6) is 0.861. The number of amidine groups is 1. The summed E-state index contributed by atoms with van der Waals surface area (Å²) in [6.45, 7) is 3.83. The Labute approximate surface area is 127 Å². The van der Waals surface area contributed by atoms with E-state index in [0.717, 1.165) is 21.9 Å². The largest absolute Gasteiger partial charge is 0.497 e. The molecule has 0 amide bonds. The standard InChI is InChI=1S/C15H17N3O2S/c1-9-8-10(2)17-15(13(9)14(16)18-19)21-12-6-4-11(20-3)5-7-12/h4-8,19H,1-3H3,(H2,16,18). The molecular weight excluding hydrogens is 286 g/mol. The van der Waals surface area contributed by atoms with E-state index in [1.54, 1.807) is 7.11 Å². The second-order valence-electron chi connectivity index (χ2n) is 4.52. The first-order valence-electron chi connectivity index (χ1n) is 6.33. The Balaban J connectivity index is 2.42. The van der Waals surface area contributed by atoms with Gasteiger partial charge < -0.3 is 15.7 Å². The van der Waals surface area contributed by atoms with Gasteiger partial charge in [-0.05, 0) is 49.7 Å². The van der Waals surface area contributed by atoms with Crippen molar-refractivity contribution in [3.05, 3.63) is 47.2 Å². The Morgan fingerprint density at radius 1 is 1.29 bits per heavy atom. The highest BCUT2D eigenvalue weighted by Crippen LogP contribution is 2.31. The van der Waals surface area contributed by atoms with Crippen LogP contribution in [0.2, 0.25) is 0 Å². The number of nitrogens with two attached hydrogens (primary N) is 1. The molecule has 0 bridgehead atoms. The van der Waals surface area contributed by atoms with E-state index in [1.165, 1.54) is 11.8 Å². The van der Waals surface area contributed by atoms with E-state index in [1.807, 2.05) is 44.2 Å². The third kappa shape index (κ3) is 3.46. The Bertz CT molecular complexity index is 669. The number of hydrogen-bond acceptors (Lipinski definition) is 5. The SMILES string of the molecule is COc1ccc(Sc2nc(C)cc(C)c2/C(N)=N/O)cc1. The summed E-state index contributed by atoms with van der Waals surface area (Å²) < 4.78 is 5.14. The number of ether oxygens (including phenoxy) is 1. The van der Waals surface area contributed by atoms with Crippen molar-refractivity contribution in [2.75, 3.05) is 7.11 Å². The van der Waals surface area contributed by atoms with Gasteiger partial charge in [0.25, 0.3) is 0 Å². The van der Waals surface area contributed by atoms with Crippen molar-refractivity contribution in [2.24, 2.45) is 10.9 Å². The van der Waals surface area contributed by atoms with Gasteiger partial charge in [0, 0.05) is 10.6 Å². The maximum Gasteiger partial charge on any atom is 0.173 e. The van der Waals surface area contributed by atoms with Crippen molar-refractivity contribution in [2.45, 2.75) is 23.8 Å². The summed E-state index contributed by atoms with van der Waals surface area (Å²) in [5.41, 5.74) is 8.24. The third-order valence-corrected chi connectivity index (χ3v) is 3.95. The molecule has 0 spiro atoms. The molecule has 2 aromatic rings. The van der Waals surface area contributed by atoms with Crippen LogP contribution in [0.15, 0.2) is 45.4 Å². The van der Waals surface area contributed by atoms with Gasteiger partial charge in [-0.25, -0.2) is 4.98 Å². The number of aryl methyl sites for hydroxylation is 2. The minimum absolute atomic E-state index is 0.0658. The first-order valence-corrected chi connectivity index (χ1v) is 7.15. The summed E-state index contributed by atoms with van der Waals surface area (Å²) in [7, 11) is 1.63. The lowest BCUT2D eigenvalue weighted by molar-refractivity contribution is 0.318. The number of benzene rings is 1. The molecule has 1 heterocycles. The summed E-state index contributed by atoms with van der Waals surface area (Å²) >= 11 is 1.47. The highest BCUT2D eigenvalue weighted by molar-refractivity contribution is 7.99. The lowest BCUT2D eigenvalue weighted by atomic mass is 10.1. The molecule has 3 N–H and O–H groups in total. The molecule has 2 rings (SSSR count). The minimum Gasteiger partial charge on any atom is -0.497 e. The van der Waals surface area contributed by atoms with Crippen LogP contribution in [0.3, 0.4) is 0 Å². The van der Waals surface area contributed by atoms with Crippen molar-refractivity contribution in [1.82, 2.24) is 4.98 Å². The molecule has 0 aliphatic rings. The molecular formula is C15H17N3O2S. The van der Waals surface area contributed by atoms with Crippen molar-refractivity contribution in [3.63, 3.8) is 0 Å².